The molecule has 0 saturated carbocycles. The van der Waals surface area contributed by atoms with Crippen molar-refractivity contribution in [3.63, 3.8) is 0 Å². The van der Waals surface area contributed by atoms with E-state index in [4.69, 9.17) is 5.11 Å². The van der Waals surface area contributed by atoms with Crippen LogP contribution in [0.3, 0.4) is 0 Å². The van der Waals surface area contributed by atoms with Gasteiger partial charge in [0.25, 0.3) is 0 Å². The van der Waals surface area contributed by atoms with Gasteiger partial charge in [-0.05, 0) is 39.8 Å². The normalized spacial score (nSPS) is 21.9. The number of carboxylic acids is 1. The van der Waals surface area contributed by atoms with E-state index in [9.17, 15) is 9.59 Å². The first-order chi connectivity index (χ1) is 6.52. The maximum Gasteiger partial charge on any atom is 0.320 e. The number of carbonyl (C=O) groups excluding carboxylic acids is 1. The first-order valence-electron chi connectivity index (χ1n) is 4.99. The van der Waals surface area contributed by atoms with Gasteiger partial charge in [0.05, 0.1) is 0 Å². The van der Waals surface area contributed by atoms with Crippen LogP contribution in [0.2, 0.25) is 0 Å². The second-order valence-corrected chi connectivity index (χ2v) is 3.94. The summed E-state index contributed by atoms with van der Waals surface area (Å²) in [5, 5.41) is 8.80. The summed E-state index contributed by atoms with van der Waals surface area (Å²) in [7, 11) is 0. The Morgan fingerprint density at radius 3 is 2.21 bits per heavy atom. The fraction of sp³-hybridized carbons (Fsp3) is 0.800. The summed E-state index contributed by atoms with van der Waals surface area (Å²) >= 11 is 0. The highest BCUT2D eigenvalue weighted by Gasteiger charge is 2.27. The van der Waals surface area contributed by atoms with Crippen molar-refractivity contribution in [2.45, 2.75) is 32.7 Å². The Hall–Kier alpha value is -0.900. The molecule has 1 aliphatic heterocycles. The zero-order chi connectivity index (χ0) is 10.7. The van der Waals surface area contributed by atoms with Crippen molar-refractivity contribution in [2.75, 3.05) is 13.1 Å². The molecule has 0 amide bonds. The Kier molecular flexibility index (Phi) is 3.63. The zero-order valence-corrected chi connectivity index (χ0v) is 8.69. The molecule has 0 radical (unpaired) electrons. The minimum Gasteiger partial charge on any atom is -0.480 e. The van der Waals surface area contributed by atoms with E-state index < -0.39 is 12.0 Å². The molecule has 4 nitrogen and oxygen atoms in total. The monoisotopic (exact) mass is 199 g/mol. The molecule has 0 aromatic rings. The van der Waals surface area contributed by atoms with Crippen molar-refractivity contribution in [3.8, 4) is 0 Å². The van der Waals surface area contributed by atoms with Gasteiger partial charge < -0.3 is 5.11 Å². The summed E-state index contributed by atoms with van der Waals surface area (Å²) in [6.45, 7) is 4.74. The van der Waals surface area contributed by atoms with E-state index in [0.29, 0.717) is 0 Å². The molecule has 1 atom stereocenters. The minimum absolute atomic E-state index is 0.146. The summed E-state index contributed by atoms with van der Waals surface area (Å²) in [4.78, 5) is 23.7. The van der Waals surface area contributed by atoms with Crippen LogP contribution in [0.5, 0.6) is 0 Å². The fourth-order valence-electron chi connectivity index (χ4n) is 1.85. The highest BCUT2D eigenvalue weighted by molar-refractivity contribution is 5.78. The second-order valence-electron chi connectivity index (χ2n) is 3.94. The van der Waals surface area contributed by atoms with Gasteiger partial charge in [0.1, 0.15) is 11.8 Å². The van der Waals surface area contributed by atoms with Gasteiger partial charge in [0.15, 0.2) is 0 Å². The number of piperidine rings is 1. The molecule has 1 N–H and O–H groups in total. The molecule has 80 valence electrons. The molecule has 1 fully saturated rings. The highest BCUT2D eigenvalue weighted by atomic mass is 16.4. The Morgan fingerprint density at radius 1 is 1.36 bits per heavy atom. The number of likely N-dealkylation sites (tertiary alicyclic amines) is 1. The molecule has 0 aromatic carbocycles. The largest absolute Gasteiger partial charge is 0.480 e. The van der Waals surface area contributed by atoms with E-state index in [1.807, 2.05) is 4.90 Å². The molecular weight excluding hydrogens is 182 g/mol. The fourth-order valence-corrected chi connectivity index (χ4v) is 1.85. The van der Waals surface area contributed by atoms with E-state index in [0.717, 1.165) is 25.9 Å². The van der Waals surface area contributed by atoms with Crippen molar-refractivity contribution in [2.24, 2.45) is 5.92 Å². The van der Waals surface area contributed by atoms with E-state index >= 15 is 0 Å². The number of carbonyl (C=O) groups is 2. The van der Waals surface area contributed by atoms with Gasteiger partial charge >= 0.3 is 5.97 Å². The van der Waals surface area contributed by atoms with Crippen molar-refractivity contribution in [1.82, 2.24) is 4.90 Å². The van der Waals surface area contributed by atoms with Crippen LogP contribution in [0.15, 0.2) is 0 Å². The SMILES string of the molecule is CC(=O)C1CCN(C(C)C(=O)O)CC1. The third kappa shape index (κ3) is 2.54. The Morgan fingerprint density at radius 2 is 1.86 bits per heavy atom. The predicted octanol–water partition coefficient (Wildman–Crippen LogP) is 0.760. The summed E-state index contributed by atoms with van der Waals surface area (Å²) in [5.74, 6) is -0.411. The first-order valence-corrected chi connectivity index (χ1v) is 4.99. The smallest absolute Gasteiger partial charge is 0.320 e. The molecule has 1 heterocycles. The molecule has 1 saturated heterocycles. The number of hydrogen-bond donors (Lipinski definition) is 1. The highest BCUT2D eigenvalue weighted by Crippen LogP contribution is 2.19. The lowest BCUT2D eigenvalue weighted by Crippen LogP contribution is -2.44. The van der Waals surface area contributed by atoms with Crippen LogP contribution >= 0.6 is 0 Å². The summed E-state index contributed by atoms with van der Waals surface area (Å²) in [5.41, 5.74) is 0. The maximum atomic E-state index is 11.1. The molecule has 0 aliphatic carbocycles. The molecule has 0 spiro atoms. The van der Waals surface area contributed by atoms with Gasteiger partial charge in [0.2, 0.25) is 0 Å². The van der Waals surface area contributed by atoms with Gasteiger partial charge in [0, 0.05) is 5.92 Å². The first kappa shape index (κ1) is 11.2. The topological polar surface area (TPSA) is 57.6 Å². The molecular formula is C10H17NO3. The molecule has 1 unspecified atom stereocenters. The van der Waals surface area contributed by atoms with E-state index in [-0.39, 0.29) is 11.7 Å². The second kappa shape index (κ2) is 4.55. The number of hydrogen-bond acceptors (Lipinski definition) is 3. The molecule has 4 heteroatoms. The lowest BCUT2D eigenvalue weighted by molar-refractivity contribution is -0.143. The van der Waals surface area contributed by atoms with Gasteiger partial charge in [-0.3, -0.25) is 14.5 Å². The van der Waals surface area contributed by atoms with Crippen LogP contribution in [0.1, 0.15) is 26.7 Å². The number of nitrogens with zero attached hydrogens (tertiary/aromatic N) is 1. The van der Waals surface area contributed by atoms with Crippen molar-refractivity contribution in [1.29, 1.82) is 0 Å². The summed E-state index contributed by atoms with van der Waals surface area (Å²) in [6, 6.07) is -0.428. The van der Waals surface area contributed by atoms with E-state index in [1.165, 1.54) is 0 Å². The van der Waals surface area contributed by atoms with Gasteiger partial charge in [-0.1, -0.05) is 0 Å². The molecule has 0 bridgehead atoms. The van der Waals surface area contributed by atoms with Crippen LogP contribution in [-0.2, 0) is 9.59 Å². The Labute approximate surface area is 83.9 Å². The molecule has 1 rings (SSSR count). The third-order valence-electron chi connectivity index (χ3n) is 3.01. The number of aliphatic carboxylic acids is 1. The lowest BCUT2D eigenvalue weighted by atomic mass is 9.93. The summed E-state index contributed by atoms with van der Waals surface area (Å²) in [6.07, 6.45) is 1.60. The predicted molar refractivity (Wildman–Crippen MR) is 52.1 cm³/mol. The van der Waals surface area contributed by atoms with Crippen LogP contribution < -0.4 is 0 Å². The van der Waals surface area contributed by atoms with Crippen LogP contribution in [0.25, 0.3) is 0 Å². The number of carboxylic acid groups (broad SMARTS) is 1. The maximum absolute atomic E-state index is 11.1. The third-order valence-corrected chi connectivity index (χ3v) is 3.01. The zero-order valence-electron chi connectivity index (χ0n) is 8.69. The van der Waals surface area contributed by atoms with Gasteiger partial charge in [-0.15, -0.1) is 0 Å². The Balaban J connectivity index is 2.43. The minimum atomic E-state index is -0.786. The standard InChI is InChI=1S/C10H17NO3/c1-7(10(13)14)11-5-3-9(4-6-11)8(2)12/h7,9H,3-6H2,1-2H3,(H,13,14). The van der Waals surface area contributed by atoms with E-state index in [1.54, 1.807) is 13.8 Å². The summed E-state index contributed by atoms with van der Waals surface area (Å²) < 4.78 is 0. The van der Waals surface area contributed by atoms with Crippen molar-refractivity contribution < 1.29 is 14.7 Å². The van der Waals surface area contributed by atoms with E-state index in [2.05, 4.69) is 0 Å². The van der Waals surface area contributed by atoms with Crippen molar-refractivity contribution in [3.05, 3.63) is 0 Å². The van der Waals surface area contributed by atoms with Gasteiger partial charge in [-0.2, -0.15) is 0 Å². The van der Waals surface area contributed by atoms with Crippen LogP contribution in [0, 0.1) is 5.92 Å². The number of rotatable bonds is 3. The number of ketones is 1. The average Bonchev–Trinajstić information content (AvgIpc) is 2.16. The van der Waals surface area contributed by atoms with Crippen LogP contribution in [0.4, 0.5) is 0 Å². The molecule has 1 aliphatic rings. The quantitative estimate of drug-likeness (QED) is 0.729. The van der Waals surface area contributed by atoms with Gasteiger partial charge in [-0.25, -0.2) is 0 Å². The molecule has 14 heavy (non-hydrogen) atoms. The Bertz CT molecular complexity index is 232. The van der Waals surface area contributed by atoms with Crippen molar-refractivity contribution >= 4 is 11.8 Å². The van der Waals surface area contributed by atoms with Crippen LogP contribution in [-0.4, -0.2) is 40.9 Å². The molecule has 0 aromatic heterocycles. The lowest BCUT2D eigenvalue weighted by Gasteiger charge is -2.33. The average molecular weight is 199 g/mol. The number of Topliss-reactive ketones (excluding diaryl/α,β-unsaturated/α-hetero) is 1.